The Kier molecular flexibility index (Phi) is 7.51. The molecule has 0 atom stereocenters. The first-order valence-corrected chi connectivity index (χ1v) is 12.5. The van der Waals surface area contributed by atoms with Gasteiger partial charge in [-0.25, -0.2) is 10.4 Å². The van der Waals surface area contributed by atoms with Crippen LogP contribution >= 0.6 is 11.8 Å². The zero-order valence-electron chi connectivity index (χ0n) is 20.2. The molecule has 0 aliphatic rings. The number of nitrogens with one attached hydrogen (secondary N) is 2. The van der Waals surface area contributed by atoms with Crippen LogP contribution in [0.5, 0.6) is 5.75 Å². The number of methoxy groups -OCH3 is 1. The summed E-state index contributed by atoms with van der Waals surface area (Å²) in [7, 11) is 1.62. The number of ether oxygens (including phenoxy) is 1. The standard InChI is InChI=1S/C28H22N4O5S/c1-35-23-13-8-18(15-20(23)17-38-28-31-22-5-2-3-6-24(22)37-28)16-29-32-26(33)19-9-11-21(12-10-19)30-27(34)25-7-4-14-36-25/h2-16H,17H2,1H3,(H,30,34)(H,32,33)/b29-16-. The molecule has 5 rings (SSSR count). The van der Waals surface area contributed by atoms with Gasteiger partial charge in [0.25, 0.3) is 17.0 Å². The number of benzene rings is 3. The van der Waals surface area contributed by atoms with Gasteiger partial charge in [0.05, 0.1) is 19.6 Å². The third kappa shape index (κ3) is 5.93. The molecule has 5 aromatic rings. The lowest BCUT2D eigenvalue weighted by atomic mass is 10.1. The Balaban J connectivity index is 1.18. The van der Waals surface area contributed by atoms with Crippen molar-refractivity contribution in [2.24, 2.45) is 5.10 Å². The van der Waals surface area contributed by atoms with E-state index in [0.717, 1.165) is 28.0 Å². The van der Waals surface area contributed by atoms with Crippen molar-refractivity contribution in [2.75, 3.05) is 12.4 Å². The minimum atomic E-state index is -0.384. The molecule has 2 heterocycles. The molecule has 0 radical (unpaired) electrons. The summed E-state index contributed by atoms with van der Waals surface area (Å²) in [5.41, 5.74) is 6.72. The van der Waals surface area contributed by atoms with Gasteiger partial charge in [0.15, 0.2) is 11.3 Å². The third-order valence-corrected chi connectivity index (χ3v) is 6.34. The molecule has 190 valence electrons. The minimum absolute atomic E-state index is 0.202. The van der Waals surface area contributed by atoms with E-state index < -0.39 is 0 Å². The Morgan fingerprint density at radius 1 is 1.03 bits per heavy atom. The van der Waals surface area contributed by atoms with Crippen molar-refractivity contribution in [3.63, 3.8) is 0 Å². The number of para-hydroxylation sites is 2. The predicted octanol–water partition coefficient (Wildman–Crippen LogP) is 5.74. The van der Waals surface area contributed by atoms with Crippen molar-refractivity contribution in [3.05, 3.63) is 108 Å². The first-order chi connectivity index (χ1) is 18.6. The Morgan fingerprint density at radius 3 is 2.63 bits per heavy atom. The summed E-state index contributed by atoms with van der Waals surface area (Å²) >= 11 is 1.46. The number of hydrazone groups is 1. The van der Waals surface area contributed by atoms with Gasteiger partial charge in [0.2, 0.25) is 0 Å². The van der Waals surface area contributed by atoms with Crippen LogP contribution in [-0.2, 0) is 5.75 Å². The SMILES string of the molecule is COc1ccc(/C=N\NC(=O)c2ccc(NC(=O)c3ccco3)cc2)cc1CSc1nc2ccccc2o1. The van der Waals surface area contributed by atoms with Crippen LogP contribution in [0.3, 0.4) is 0 Å². The lowest BCUT2D eigenvalue weighted by Gasteiger charge is -2.08. The molecule has 38 heavy (non-hydrogen) atoms. The zero-order valence-corrected chi connectivity index (χ0v) is 21.0. The highest BCUT2D eigenvalue weighted by Crippen LogP contribution is 2.30. The minimum Gasteiger partial charge on any atom is -0.496 e. The van der Waals surface area contributed by atoms with E-state index in [1.54, 1.807) is 49.7 Å². The second kappa shape index (κ2) is 11.5. The van der Waals surface area contributed by atoms with E-state index in [4.69, 9.17) is 13.6 Å². The number of oxazole rings is 1. The Morgan fingerprint density at radius 2 is 1.87 bits per heavy atom. The second-order valence-corrected chi connectivity index (χ2v) is 8.94. The number of nitrogens with zero attached hydrogens (tertiary/aromatic N) is 2. The second-order valence-electron chi connectivity index (χ2n) is 8.02. The number of amides is 2. The maximum absolute atomic E-state index is 12.5. The number of rotatable bonds is 9. The van der Waals surface area contributed by atoms with Crippen molar-refractivity contribution >= 4 is 46.6 Å². The van der Waals surface area contributed by atoms with Crippen LogP contribution in [0.15, 0.2) is 104 Å². The summed E-state index contributed by atoms with van der Waals surface area (Å²) in [6.45, 7) is 0. The van der Waals surface area contributed by atoms with Gasteiger partial charge in [-0.3, -0.25) is 9.59 Å². The molecule has 0 aliphatic heterocycles. The van der Waals surface area contributed by atoms with Crippen LogP contribution in [0.25, 0.3) is 11.1 Å². The number of carbonyl (C=O) groups excluding carboxylic acids is 2. The predicted molar refractivity (Wildman–Crippen MR) is 145 cm³/mol. The normalized spacial score (nSPS) is 11.1. The Labute approximate surface area is 221 Å². The average molecular weight is 527 g/mol. The van der Waals surface area contributed by atoms with Crippen LogP contribution in [0.4, 0.5) is 5.69 Å². The highest BCUT2D eigenvalue weighted by atomic mass is 32.2. The molecule has 3 aromatic carbocycles. The molecule has 2 aromatic heterocycles. The first-order valence-electron chi connectivity index (χ1n) is 11.5. The Bertz CT molecular complexity index is 1560. The van der Waals surface area contributed by atoms with Gasteiger partial charge < -0.3 is 18.9 Å². The van der Waals surface area contributed by atoms with E-state index in [9.17, 15) is 9.59 Å². The van der Waals surface area contributed by atoms with E-state index in [1.807, 2.05) is 42.5 Å². The fourth-order valence-corrected chi connectivity index (χ4v) is 4.40. The van der Waals surface area contributed by atoms with Gasteiger partial charge in [-0.15, -0.1) is 0 Å². The number of hydrogen-bond donors (Lipinski definition) is 2. The molecule has 0 saturated heterocycles. The highest BCUT2D eigenvalue weighted by molar-refractivity contribution is 7.98. The third-order valence-electron chi connectivity index (χ3n) is 5.46. The number of anilines is 1. The maximum atomic E-state index is 12.5. The molecule has 0 spiro atoms. The van der Waals surface area contributed by atoms with Crippen LogP contribution in [0.2, 0.25) is 0 Å². The van der Waals surface area contributed by atoms with E-state index in [-0.39, 0.29) is 17.6 Å². The van der Waals surface area contributed by atoms with Gasteiger partial charge >= 0.3 is 0 Å². The van der Waals surface area contributed by atoms with Crippen molar-refractivity contribution in [1.82, 2.24) is 10.4 Å². The monoisotopic (exact) mass is 526 g/mol. The zero-order chi connectivity index (χ0) is 26.3. The topological polar surface area (TPSA) is 119 Å². The molecule has 0 fully saturated rings. The van der Waals surface area contributed by atoms with E-state index in [0.29, 0.717) is 22.2 Å². The molecular weight excluding hydrogens is 504 g/mol. The molecule has 0 saturated carbocycles. The smallest absolute Gasteiger partial charge is 0.291 e. The van der Waals surface area contributed by atoms with Gasteiger partial charge in [-0.2, -0.15) is 5.10 Å². The molecular formula is C28H22N4O5S. The van der Waals surface area contributed by atoms with Gasteiger partial charge in [0, 0.05) is 22.6 Å². The van der Waals surface area contributed by atoms with E-state index in [1.165, 1.54) is 18.0 Å². The number of hydrogen-bond acceptors (Lipinski definition) is 8. The largest absolute Gasteiger partial charge is 0.496 e. The van der Waals surface area contributed by atoms with E-state index >= 15 is 0 Å². The fourth-order valence-electron chi connectivity index (χ4n) is 3.58. The summed E-state index contributed by atoms with van der Waals surface area (Å²) in [5, 5.41) is 7.36. The molecule has 2 amide bonds. The molecule has 0 unspecified atom stereocenters. The number of thioether (sulfide) groups is 1. The summed E-state index contributed by atoms with van der Waals surface area (Å²) in [6, 6.07) is 22.9. The number of aromatic nitrogens is 1. The molecule has 9 nitrogen and oxygen atoms in total. The molecule has 10 heteroatoms. The molecule has 2 N–H and O–H groups in total. The fraction of sp³-hybridized carbons (Fsp3) is 0.0714. The summed E-state index contributed by atoms with van der Waals surface area (Å²) < 4.78 is 16.3. The van der Waals surface area contributed by atoms with Crippen molar-refractivity contribution in [2.45, 2.75) is 11.0 Å². The van der Waals surface area contributed by atoms with Crippen LogP contribution < -0.4 is 15.5 Å². The molecule has 0 bridgehead atoms. The lowest BCUT2D eigenvalue weighted by molar-refractivity contribution is 0.0954. The lowest BCUT2D eigenvalue weighted by Crippen LogP contribution is -2.17. The van der Waals surface area contributed by atoms with Crippen molar-refractivity contribution < 1.29 is 23.2 Å². The summed E-state index contributed by atoms with van der Waals surface area (Å²) in [4.78, 5) is 29.0. The number of fused-ring (bicyclic) bond motifs is 1. The van der Waals surface area contributed by atoms with Crippen LogP contribution in [-0.4, -0.2) is 30.1 Å². The number of furan rings is 1. The quantitative estimate of drug-likeness (QED) is 0.143. The van der Waals surface area contributed by atoms with Crippen molar-refractivity contribution in [1.29, 1.82) is 0 Å². The van der Waals surface area contributed by atoms with Gasteiger partial charge in [0.1, 0.15) is 11.3 Å². The summed E-state index contributed by atoms with van der Waals surface area (Å²) in [5.74, 6) is 0.752. The maximum Gasteiger partial charge on any atom is 0.291 e. The average Bonchev–Trinajstić information content (AvgIpc) is 3.63. The Hall–Kier alpha value is -4.83. The molecule has 0 aliphatic carbocycles. The van der Waals surface area contributed by atoms with Gasteiger partial charge in [-0.05, 0) is 72.3 Å². The number of carbonyl (C=O) groups is 2. The first kappa shape index (κ1) is 24.8. The van der Waals surface area contributed by atoms with Gasteiger partial charge in [-0.1, -0.05) is 23.9 Å². The van der Waals surface area contributed by atoms with Crippen molar-refractivity contribution in [3.8, 4) is 5.75 Å². The van der Waals surface area contributed by atoms with E-state index in [2.05, 4.69) is 20.8 Å². The van der Waals surface area contributed by atoms with Crippen LogP contribution in [0, 0.1) is 0 Å². The summed E-state index contributed by atoms with van der Waals surface area (Å²) in [6.07, 6.45) is 2.98. The highest BCUT2D eigenvalue weighted by Gasteiger charge is 2.11. The van der Waals surface area contributed by atoms with Crippen LogP contribution in [0.1, 0.15) is 32.0 Å².